The summed E-state index contributed by atoms with van der Waals surface area (Å²) in [5, 5.41) is 3.45. The molecule has 6 heterocycles. The number of hydrogen-bond acceptors (Lipinski definition) is 13. The molecule has 3 N–H and O–H groups in total. The molecule has 78 heavy (non-hydrogen) atoms. The first-order valence-electron chi connectivity index (χ1n) is 24.4. The molecule has 18 nitrogen and oxygen atoms in total. The number of nitrogens with zero attached hydrogens (tertiary/aromatic N) is 5. The minimum atomic E-state index is -4.48. The predicted molar refractivity (Wildman–Crippen MR) is 286 cm³/mol. The number of rotatable bonds is 11. The molecular weight excluding hydrogens is 1130 g/mol. The van der Waals surface area contributed by atoms with Crippen LogP contribution in [0.1, 0.15) is 95.1 Å². The Kier molecular flexibility index (Phi) is 17.0. The van der Waals surface area contributed by atoms with Gasteiger partial charge in [-0.15, -0.1) is 0 Å². The van der Waals surface area contributed by atoms with Crippen LogP contribution in [-0.4, -0.2) is 72.2 Å². The Morgan fingerprint density at radius 3 is 1.63 bits per heavy atom. The van der Waals surface area contributed by atoms with Gasteiger partial charge in [0, 0.05) is 47.9 Å². The zero-order valence-electron chi connectivity index (χ0n) is 42.6. The summed E-state index contributed by atoms with van der Waals surface area (Å²) in [4.78, 5) is 43.8. The summed E-state index contributed by atoms with van der Waals surface area (Å²) in [6.07, 6.45) is 4.07. The first-order valence-corrected chi connectivity index (χ1v) is 28.2. The lowest BCUT2D eigenvalue weighted by molar-refractivity contribution is 0.0295. The number of hydrogen-bond donors (Lipinski definition) is 3. The van der Waals surface area contributed by atoms with Gasteiger partial charge < -0.3 is 23.8 Å². The molecule has 1 amide bonds. The van der Waals surface area contributed by atoms with E-state index in [1.807, 2.05) is 67.5 Å². The van der Waals surface area contributed by atoms with Gasteiger partial charge >= 0.3 is 17.6 Å². The molecular formula is C53H53BrF4N8O10S2. The smallest absolute Gasteiger partial charge is 0.420 e. The third kappa shape index (κ3) is 13.0. The maximum absolute atomic E-state index is 15.1. The molecule has 1 unspecified atom stereocenters. The molecule has 4 aromatic heterocycles. The molecule has 0 spiro atoms. The van der Waals surface area contributed by atoms with Crippen molar-refractivity contribution in [2.45, 2.75) is 93.8 Å². The van der Waals surface area contributed by atoms with E-state index in [2.05, 4.69) is 31.2 Å². The molecule has 2 saturated heterocycles. The van der Waals surface area contributed by atoms with Crippen molar-refractivity contribution in [2.75, 3.05) is 29.1 Å². The van der Waals surface area contributed by atoms with Crippen molar-refractivity contribution in [3.8, 4) is 0 Å². The first-order chi connectivity index (χ1) is 36.9. The number of carbonyl (C=O) groups is 1. The van der Waals surface area contributed by atoms with Crippen LogP contribution in [0.2, 0.25) is 0 Å². The lowest BCUT2D eigenvalue weighted by Crippen LogP contribution is -2.34. The number of nitrogens with one attached hydrogen (secondary N) is 3. The summed E-state index contributed by atoms with van der Waals surface area (Å²) in [5.74, 6) is -6.14. The third-order valence-electron chi connectivity index (χ3n) is 12.6. The van der Waals surface area contributed by atoms with E-state index >= 15 is 4.39 Å². The summed E-state index contributed by atoms with van der Waals surface area (Å²) in [6, 6.07) is 24.8. The minimum absolute atomic E-state index is 0.0905. The number of oxazole rings is 2. The van der Waals surface area contributed by atoms with Crippen molar-refractivity contribution in [3.05, 3.63) is 175 Å². The standard InChI is InChI=1S/C24H22F2N4O4S.C20H14BrF2N3O4S.C9H17NO2/c1-14(15-6-2-3-7-16(15)18-8-5-11-27-18)30-19-12-17(25)21(13-20(19)34-24(30)31)35(32,33)29-23-10-4-9-22(26)28-23;1-11(12-5-2-3-6-13(12)21)26-15-9-14(22)17(10-16(15)30-20(26)27)31(28,29)25-19-8-4-7-18(23)24-19;1-9(2,3)12-8(11)10-6-4-5-7-10/h2-4,6-7,9-10,12-14,18,27H,5,8,11H2,1H3,(H,28,29);2-11H,1H3,(H,24,25);4-7H2,1-3H3/t14-,18?;11-;/m11./s1. The normalized spacial score (nSPS) is 15.5. The van der Waals surface area contributed by atoms with Crippen molar-refractivity contribution < 1.29 is 52.8 Å². The summed E-state index contributed by atoms with van der Waals surface area (Å²) >= 11 is 3.42. The number of likely N-dealkylation sites (tertiary alicyclic amines) is 1. The van der Waals surface area contributed by atoms with Gasteiger partial charge in [0.2, 0.25) is 11.9 Å². The largest absolute Gasteiger partial charge is 0.444 e. The number of benzene rings is 4. The SMILES string of the molecule is CC(C)(C)OC(=O)N1CCCC1.C[C@H](c1ccccc1Br)n1c(=O)oc2cc(S(=O)(=O)Nc3cccc(F)n3)c(F)cc21.C[C@H](c1ccccc1C1CCCN1)n1c(=O)oc2cc(S(=O)(=O)Nc3cccc(F)n3)c(F)cc21. The molecule has 2 aliphatic heterocycles. The Labute approximate surface area is 453 Å². The van der Waals surface area contributed by atoms with Crippen LogP contribution in [0, 0.1) is 23.5 Å². The highest BCUT2D eigenvalue weighted by Gasteiger charge is 2.30. The van der Waals surface area contributed by atoms with Gasteiger partial charge in [-0.05, 0) is 114 Å². The Balaban J connectivity index is 0.000000171. The van der Waals surface area contributed by atoms with Gasteiger partial charge in [0.15, 0.2) is 11.2 Å². The molecule has 25 heteroatoms. The van der Waals surface area contributed by atoms with Crippen LogP contribution in [0.25, 0.3) is 22.2 Å². The zero-order valence-corrected chi connectivity index (χ0v) is 45.8. The van der Waals surface area contributed by atoms with Gasteiger partial charge in [-0.3, -0.25) is 18.6 Å². The second-order valence-electron chi connectivity index (χ2n) is 19.2. The average molecular weight is 1180 g/mol. The lowest BCUT2D eigenvalue weighted by atomic mass is 9.95. The molecule has 0 saturated carbocycles. The van der Waals surface area contributed by atoms with Gasteiger partial charge in [0.1, 0.15) is 38.7 Å². The number of anilines is 2. The van der Waals surface area contributed by atoms with E-state index in [-0.39, 0.29) is 51.6 Å². The van der Waals surface area contributed by atoms with Crippen LogP contribution in [0.5, 0.6) is 0 Å². The van der Waals surface area contributed by atoms with Crippen molar-refractivity contribution in [2.24, 2.45) is 0 Å². The zero-order chi connectivity index (χ0) is 56.3. The number of carbonyl (C=O) groups excluding carboxylic acids is 1. The van der Waals surface area contributed by atoms with Crippen LogP contribution in [0.15, 0.2) is 142 Å². The van der Waals surface area contributed by atoms with Gasteiger partial charge in [-0.25, -0.2) is 50.0 Å². The highest BCUT2D eigenvalue weighted by molar-refractivity contribution is 9.10. The van der Waals surface area contributed by atoms with Crippen LogP contribution < -0.4 is 26.3 Å². The summed E-state index contributed by atoms with van der Waals surface area (Å²) < 4.78 is 130. The van der Waals surface area contributed by atoms with Crippen molar-refractivity contribution in [1.29, 1.82) is 0 Å². The van der Waals surface area contributed by atoms with E-state index in [0.717, 1.165) is 103 Å². The highest BCUT2D eigenvalue weighted by atomic mass is 79.9. The minimum Gasteiger partial charge on any atom is -0.444 e. The van der Waals surface area contributed by atoms with Gasteiger partial charge in [-0.2, -0.15) is 8.78 Å². The molecule has 8 aromatic rings. The third-order valence-corrected chi connectivity index (χ3v) is 16.1. The second kappa shape index (κ2) is 23.3. The fourth-order valence-electron chi connectivity index (χ4n) is 9.01. The number of aromatic nitrogens is 4. The Morgan fingerprint density at radius 2 is 1.17 bits per heavy atom. The number of halogens is 5. The number of ether oxygens (including phenoxy) is 1. The lowest BCUT2D eigenvalue weighted by Gasteiger charge is -2.23. The van der Waals surface area contributed by atoms with E-state index in [0.29, 0.717) is 0 Å². The highest BCUT2D eigenvalue weighted by Crippen LogP contribution is 2.34. The van der Waals surface area contributed by atoms with E-state index in [9.17, 15) is 44.4 Å². The number of amides is 1. The van der Waals surface area contributed by atoms with Gasteiger partial charge in [0.25, 0.3) is 20.0 Å². The Morgan fingerprint density at radius 1 is 0.692 bits per heavy atom. The van der Waals surface area contributed by atoms with E-state index in [1.165, 1.54) is 33.4 Å². The number of sulfonamides is 2. The van der Waals surface area contributed by atoms with Crippen LogP contribution in [0.4, 0.5) is 34.0 Å². The van der Waals surface area contributed by atoms with Crippen molar-refractivity contribution in [1.82, 2.24) is 29.3 Å². The average Bonchev–Trinajstić information content (AvgIpc) is 4.22. The molecule has 0 aliphatic carbocycles. The molecule has 0 bridgehead atoms. The van der Waals surface area contributed by atoms with Crippen LogP contribution in [-0.2, 0) is 24.8 Å². The van der Waals surface area contributed by atoms with E-state index in [4.69, 9.17) is 13.6 Å². The fraction of sp³-hybridized carbons (Fsp3) is 0.302. The van der Waals surface area contributed by atoms with Crippen molar-refractivity contribution in [3.63, 3.8) is 0 Å². The first kappa shape index (κ1) is 56.8. The van der Waals surface area contributed by atoms with Crippen LogP contribution >= 0.6 is 15.9 Å². The molecule has 4 aromatic carbocycles. The van der Waals surface area contributed by atoms with Crippen LogP contribution in [0.3, 0.4) is 0 Å². The Hall–Kier alpha value is -7.35. The topological polar surface area (TPSA) is 230 Å². The predicted octanol–water partition coefficient (Wildman–Crippen LogP) is 10.6. The molecule has 2 aliphatic rings. The quantitative estimate of drug-likeness (QED) is 0.0809. The second-order valence-corrected chi connectivity index (χ2v) is 23.4. The molecule has 10 rings (SSSR count). The van der Waals surface area contributed by atoms with Gasteiger partial charge in [0.05, 0.1) is 23.1 Å². The molecule has 412 valence electrons. The molecule has 2 fully saturated rings. The fourth-order valence-corrected chi connectivity index (χ4v) is 11.8. The summed E-state index contributed by atoms with van der Waals surface area (Å²) in [5.41, 5.74) is 2.33. The van der Waals surface area contributed by atoms with Gasteiger partial charge in [-0.1, -0.05) is 70.5 Å². The molecule has 0 radical (unpaired) electrons. The van der Waals surface area contributed by atoms with Crippen molar-refractivity contribution >= 4 is 75.9 Å². The maximum Gasteiger partial charge on any atom is 0.420 e. The summed E-state index contributed by atoms with van der Waals surface area (Å²) in [7, 11) is -8.95. The van der Waals surface area contributed by atoms with E-state index < -0.39 is 77.0 Å². The Bertz CT molecular complexity index is 3870. The number of pyridine rings is 2. The molecule has 3 atom stereocenters. The summed E-state index contributed by atoms with van der Waals surface area (Å²) in [6.45, 7) is 11.8. The number of fused-ring (bicyclic) bond motifs is 2. The monoisotopic (exact) mass is 1180 g/mol. The maximum atomic E-state index is 15.1. The van der Waals surface area contributed by atoms with E-state index in [1.54, 1.807) is 30.0 Å².